The van der Waals surface area contributed by atoms with Crippen molar-refractivity contribution in [3.63, 3.8) is 0 Å². The van der Waals surface area contributed by atoms with Crippen LogP contribution in [0.25, 0.3) is 0 Å². The monoisotopic (exact) mass is 533 g/mol. The van der Waals surface area contributed by atoms with E-state index in [0.29, 0.717) is 13.2 Å². The molecular formula is C26H32ClN3O7. The maximum atomic E-state index is 13.0. The number of carbonyl (C=O) groups is 4. The number of piperazine rings is 1. The van der Waals surface area contributed by atoms with Gasteiger partial charge in [0, 0.05) is 50.0 Å². The Hall–Kier alpha value is -2.95. The molecule has 3 unspecified atom stereocenters. The number of carboxylic acids is 2. The number of hydrogen-bond donors (Lipinski definition) is 2. The Balaban J connectivity index is 0.000000480. The molecule has 5 atom stereocenters. The van der Waals surface area contributed by atoms with Gasteiger partial charge >= 0.3 is 11.9 Å². The van der Waals surface area contributed by atoms with Crippen LogP contribution < -0.4 is 4.90 Å². The van der Waals surface area contributed by atoms with Gasteiger partial charge in [-0.1, -0.05) is 29.8 Å². The topological polar surface area (TPSA) is 128 Å². The minimum atomic E-state index is -1.82. The summed E-state index contributed by atoms with van der Waals surface area (Å²) < 4.78 is 5.99. The van der Waals surface area contributed by atoms with E-state index in [4.69, 9.17) is 36.1 Å². The number of allylic oxidation sites excluding steroid dienone is 2. The van der Waals surface area contributed by atoms with E-state index in [0.717, 1.165) is 49.9 Å². The number of fused-ring (bicyclic) bond motifs is 5. The molecule has 0 aromatic heterocycles. The van der Waals surface area contributed by atoms with Crippen LogP contribution in [0, 0.1) is 23.7 Å². The third kappa shape index (κ3) is 5.97. The highest BCUT2D eigenvalue weighted by Crippen LogP contribution is 2.52. The Morgan fingerprint density at radius 3 is 2.11 bits per heavy atom. The van der Waals surface area contributed by atoms with E-state index in [-0.39, 0.29) is 41.6 Å². The number of rotatable bonds is 7. The van der Waals surface area contributed by atoms with Crippen LogP contribution in [-0.2, 0) is 23.9 Å². The third-order valence-corrected chi connectivity index (χ3v) is 7.78. The summed E-state index contributed by atoms with van der Waals surface area (Å²) in [5.74, 6) is -3.38. The molecule has 1 saturated carbocycles. The van der Waals surface area contributed by atoms with Crippen LogP contribution in [0.4, 0.5) is 5.69 Å². The smallest absolute Gasteiger partial charge is 0.414 e. The first-order valence-electron chi connectivity index (χ1n) is 12.5. The van der Waals surface area contributed by atoms with Gasteiger partial charge in [0.15, 0.2) is 0 Å². The van der Waals surface area contributed by atoms with Crippen molar-refractivity contribution in [2.45, 2.75) is 19.4 Å². The van der Waals surface area contributed by atoms with Gasteiger partial charge in [0.1, 0.15) is 0 Å². The number of ether oxygens (including phenoxy) is 1. The number of nitrogens with zero attached hydrogens (tertiary/aromatic N) is 3. The lowest BCUT2D eigenvalue weighted by Gasteiger charge is -2.38. The first-order valence-corrected chi connectivity index (χ1v) is 12.9. The summed E-state index contributed by atoms with van der Waals surface area (Å²) >= 11 is 6.14. The highest BCUT2D eigenvalue weighted by atomic mass is 35.5. The van der Waals surface area contributed by atoms with Gasteiger partial charge in [-0.05, 0) is 43.4 Å². The molecule has 2 aliphatic heterocycles. The van der Waals surface area contributed by atoms with Crippen molar-refractivity contribution < 1.29 is 34.1 Å². The summed E-state index contributed by atoms with van der Waals surface area (Å²) in [4.78, 5) is 50.5. The summed E-state index contributed by atoms with van der Waals surface area (Å²) in [5.41, 5.74) is 1.15. The van der Waals surface area contributed by atoms with E-state index in [1.165, 1.54) is 4.90 Å². The molecule has 200 valence electrons. The molecule has 0 spiro atoms. The molecule has 2 heterocycles. The molecule has 4 aliphatic rings. The molecule has 2 aliphatic carbocycles. The Morgan fingerprint density at radius 1 is 1.00 bits per heavy atom. The molecule has 2 saturated heterocycles. The van der Waals surface area contributed by atoms with Crippen molar-refractivity contribution in [1.82, 2.24) is 9.80 Å². The second-order valence-corrected chi connectivity index (χ2v) is 10.2. The van der Waals surface area contributed by atoms with Crippen LogP contribution in [0.2, 0.25) is 5.02 Å². The first kappa shape index (κ1) is 27.1. The van der Waals surface area contributed by atoms with Gasteiger partial charge in [-0.3, -0.25) is 19.4 Å². The largest absolute Gasteiger partial charge is 0.473 e. The fourth-order valence-corrected chi connectivity index (χ4v) is 6.08. The van der Waals surface area contributed by atoms with E-state index >= 15 is 0 Å². The molecule has 1 aromatic carbocycles. The second-order valence-electron chi connectivity index (χ2n) is 9.74. The van der Waals surface area contributed by atoms with Crippen molar-refractivity contribution in [3.05, 3.63) is 41.4 Å². The molecule has 37 heavy (non-hydrogen) atoms. The molecule has 0 radical (unpaired) electrons. The van der Waals surface area contributed by atoms with Gasteiger partial charge < -0.3 is 19.8 Å². The van der Waals surface area contributed by atoms with Crippen molar-refractivity contribution >= 4 is 41.0 Å². The highest BCUT2D eigenvalue weighted by molar-refractivity contribution is 6.30. The van der Waals surface area contributed by atoms with Gasteiger partial charge in [0.05, 0.1) is 24.5 Å². The normalized spacial score (nSPS) is 27.2. The number of hydrogen-bond acceptors (Lipinski definition) is 7. The average Bonchev–Trinajstić information content (AvgIpc) is 3.55. The van der Waals surface area contributed by atoms with Crippen molar-refractivity contribution in [3.8, 4) is 0 Å². The minimum absolute atomic E-state index is 0.0160. The van der Waals surface area contributed by atoms with Crippen molar-refractivity contribution in [2.75, 3.05) is 50.8 Å². The molecule has 3 fully saturated rings. The number of carbonyl (C=O) groups excluding carboxylic acids is 2. The molecule has 11 heteroatoms. The van der Waals surface area contributed by atoms with Gasteiger partial charge in [0.25, 0.3) is 0 Å². The van der Waals surface area contributed by atoms with Gasteiger partial charge in [-0.2, -0.15) is 0 Å². The maximum absolute atomic E-state index is 13.0. The third-order valence-electron chi connectivity index (χ3n) is 7.54. The van der Waals surface area contributed by atoms with Crippen LogP contribution in [0.5, 0.6) is 0 Å². The molecule has 5 rings (SSSR count). The van der Waals surface area contributed by atoms with Crippen LogP contribution >= 0.6 is 11.6 Å². The van der Waals surface area contributed by atoms with E-state index in [1.807, 2.05) is 25.1 Å². The van der Waals surface area contributed by atoms with Gasteiger partial charge in [0.2, 0.25) is 11.8 Å². The fourth-order valence-electron chi connectivity index (χ4n) is 5.90. The zero-order valence-corrected chi connectivity index (χ0v) is 21.4. The number of amides is 2. The lowest BCUT2D eigenvalue weighted by molar-refractivity contribution is -0.159. The van der Waals surface area contributed by atoms with Crippen LogP contribution in [-0.4, -0.2) is 95.7 Å². The van der Waals surface area contributed by atoms with Crippen molar-refractivity contribution in [2.24, 2.45) is 23.7 Å². The average molecular weight is 534 g/mol. The lowest BCUT2D eigenvalue weighted by Crippen LogP contribution is -2.51. The minimum Gasteiger partial charge on any atom is -0.473 e. The Labute approximate surface area is 220 Å². The van der Waals surface area contributed by atoms with Crippen molar-refractivity contribution in [1.29, 1.82) is 0 Å². The molecule has 10 nitrogen and oxygen atoms in total. The van der Waals surface area contributed by atoms with E-state index in [1.54, 1.807) is 0 Å². The van der Waals surface area contributed by atoms with E-state index in [2.05, 4.69) is 28.0 Å². The van der Waals surface area contributed by atoms with Gasteiger partial charge in [-0.25, -0.2) is 9.59 Å². The summed E-state index contributed by atoms with van der Waals surface area (Å²) in [5, 5.41) is 15.5. The zero-order chi connectivity index (χ0) is 26.7. The number of halogens is 1. The number of carboxylic acid groups (broad SMARTS) is 2. The Morgan fingerprint density at radius 2 is 1.59 bits per heavy atom. The predicted molar refractivity (Wildman–Crippen MR) is 135 cm³/mol. The number of benzene rings is 1. The molecule has 2 bridgehead atoms. The Kier molecular flexibility index (Phi) is 8.51. The fraction of sp³-hybridized carbons (Fsp3) is 0.538. The molecule has 2 N–H and O–H groups in total. The summed E-state index contributed by atoms with van der Waals surface area (Å²) in [7, 11) is 0. The van der Waals surface area contributed by atoms with Crippen LogP contribution in [0.15, 0.2) is 36.4 Å². The van der Waals surface area contributed by atoms with Crippen LogP contribution in [0.3, 0.4) is 0 Å². The Bertz CT molecular complexity index is 1030. The quantitative estimate of drug-likeness (QED) is 0.306. The lowest BCUT2D eigenvalue weighted by atomic mass is 9.85. The van der Waals surface area contributed by atoms with E-state index in [9.17, 15) is 9.59 Å². The number of likely N-dealkylation sites (tertiary alicyclic amines) is 1. The maximum Gasteiger partial charge on any atom is 0.414 e. The number of anilines is 1. The zero-order valence-electron chi connectivity index (χ0n) is 20.7. The standard InChI is InChI=1S/C24H30ClN3O3.C2H2O4/c1-2-31-20(14-26-8-10-27(11-9-26)19-5-3-4-18(25)13-19)15-28-23(29)21-16-6-7-17(12-16)22(21)24(28)30;3-1(4)2(5)6/h3-7,13,16-17,20-22H,2,8-12,14-15H2,1H3;(H,3,4)(H,5,6)/t16-,17?,20?,21-,22?;/m0./s1. The molecule has 1 aromatic rings. The molecular weight excluding hydrogens is 502 g/mol. The summed E-state index contributed by atoms with van der Waals surface area (Å²) in [6.07, 6.45) is 5.09. The predicted octanol–water partition coefficient (Wildman–Crippen LogP) is 1.83. The SMILES string of the molecule is CCOC(CN1CCN(c2cccc(Cl)c2)CC1)CN1C(=O)C2C3C=C[C@@H](C3)[C@@H]2C1=O.O=C(O)C(=O)O. The number of imide groups is 1. The second kappa shape index (κ2) is 11.6. The number of aliphatic carboxylic acids is 2. The molecule has 2 amide bonds. The first-order chi connectivity index (χ1) is 17.7. The van der Waals surface area contributed by atoms with E-state index < -0.39 is 11.9 Å². The van der Waals surface area contributed by atoms with Crippen LogP contribution in [0.1, 0.15) is 13.3 Å². The summed E-state index contributed by atoms with van der Waals surface area (Å²) in [6.45, 7) is 7.30. The van der Waals surface area contributed by atoms with Gasteiger partial charge in [-0.15, -0.1) is 0 Å². The highest BCUT2D eigenvalue weighted by Gasteiger charge is 2.59. The summed E-state index contributed by atoms with van der Waals surface area (Å²) in [6, 6.07) is 7.97.